The third-order valence-corrected chi connectivity index (χ3v) is 3.48. The second kappa shape index (κ2) is 8.05. The lowest BCUT2D eigenvalue weighted by molar-refractivity contribution is -0.131. The zero-order valence-electron chi connectivity index (χ0n) is 12.0. The Morgan fingerprint density at radius 2 is 1.24 bits per heavy atom. The minimum atomic E-state index is -0.855. The highest BCUT2D eigenvalue weighted by Crippen LogP contribution is 2.15. The van der Waals surface area contributed by atoms with Crippen LogP contribution < -0.4 is 0 Å². The molecule has 0 spiro atoms. The zero-order valence-corrected chi connectivity index (χ0v) is 12.0. The summed E-state index contributed by atoms with van der Waals surface area (Å²) < 4.78 is 0. The van der Waals surface area contributed by atoms with Crippen LogP contribution in [0.5, 0.6) is 0 Å². The number of aliphatic carboxylic acids is 1. The standard InChI is InChI=1S/C19H20O2/c20-19(21)15-18(13-11-16-7-3-1-4-8-16)14-12-17-9-5-2-6-10-17/h1-10,15H,11-14H2,(H,20,21). The van der Waals surface area contributed by atoms with Gasteiger partial charge in [-0.15, -0.1) is 0 Å². The molecule has 0 atom stereocenters. The number of allylic oxidation sites excluding steroid dienone is 1. The summed E-state index contributed by atoms with van der Waals surface area (Å²) >= 11 is 0. The van der Waals surface area contributed by atoms with Gasteiger partial charge in [-0.2, -0.15) is 0 Å². The van der Waals surface area contributed by atoms with E-state index in [9.17, 15) is 4.79 Å². The molecule has 2 aromatic rings. The first kappa shape index (κ1) is 15.0. The molecule has 2 aromatic carbocycles. The van der Waals surface area contributed by atoms with Crippen molar-refractivity contribution >= 4 is 5.97 Å². The maximum absolute atomic E-state index is 11.0. The van der Waals surface area contributed by atoms with Crippen molar-refractivity contribution in [1.29, 1.82) is 0 Å². The molecule has 0 radical (unpaired) electrons. The first-order chi connectivity index (χ1) is 10.2. The van der Waals surface area contributed by atoms with Gasteiger partial charge in [0, 0.05) is 6.08 Å². The maximum atomic E-state index is 11.0. The van der Waals surface area contributed by atoms with Gasteiger partial charge in [0.2, 0.25) is 0 Å². The van der Waals surface area contributed by atoms with Gasteiger partial charge >= 0.3 is 5.97 Å². The largest absolute Gasteiger partial charge is 0.478 e. The number of hydrogen-bond donors (Lipinski definition) is 1. The van der Waals surface area contributed by atoms with Crippen molar-refractivity contribution in [3.63, 3.8) is 0 Å². The van der Waals surface area contributed by atoms with Crippen molar-refractivity contribution in [2.24, 2.45) is 0 Å². The van der Waals surface area contributed by atoms with Gasteiger partial charge in [-0.05, 0) is 36.8 Å². The van der Waals surface area contributed by atoms with Crippen molar-refractivity contribution in [2.45, 2.75) is 25.7 Å². The highest BCUT2D eigenvalue weighted by atomic mass is 16.4. The Bertz CT molecular complexity index is 540. The third kappa shape index (κ3) is 5.65. The van der Waals surface area contributed by atoms with E-state index in [4.69, 9.17) is 5.11 Å². The molecule has 2 rings (SSSR count). The minimum Gasteiger partial charge on any atom is -0.478 e. The second-order valence-electron chi connectivity index (χ2n) is 5.11. The molecule has 1 N–H and O–H groups in total. The van der Waals surface area contributed by atoms with Gasteiger partial charge in [-0.25, -0.2) is 4.79 Å². The molecule has 0 unspecified atom stereocenters. The molecule has 2 heteroatoms. The predicted octanol–water partition coefficient (Wildman–Crippen LogP) is 4.26. The Hall–Kier alpha value is -2.35. The molecule has 0 bridgehead atoms. The first-order valence-corrected chi connectivity index (χ1v) is 7.24. The normalized spacial score (nSPS) is 10.1. The minimum absolute atomic E-state index is 0.795. The van der Waals surface area contributed by atoms with Gasteiger partial charge in [0.15, 0.2) is 0 Å². The Balaban J connectivity index is 1.94. The first-order valence-electron chi connectivity index (χ1n) is 7.24. The van der Waals surface area contributed by atoms with Crippen LogP contribution in [0.15, 0.2) is 72.3 Å². The van der Waals surface area contributed by atoms with E-state index in [1.54, 1.807) is 0 Å². The highest BCUT2D eigenvalue weighted by molar-refractivity contribution is 5.80. The van der Waals surface area contributed by atoms with E-state index in [0.29, 0.717) is 0 Å². The number of rotatable bonds is 7. The molecule has 0 saturated heterocycles. The number of carboxylic acid groups (broad SMARTS) is 1. The molecule has 0 aromatic heterocycles. The molecule has 0 heterocycles. The lowest BCUT2D eigenvalue weighted by Gasteiger charge is -2.07. The lowest BCUT2D eigenvalue weighted by atomic mass is 9.98. The van der Waals surface area contributed by atoms with E-state index < -0.39 is 5.97 Å². The van der Waals surface area contributed by atoms with Crippen LogP contribution in [0.3, 0.4) is 0 Å². The van der Waals surface area contributed by atoms with E-state index >= 15 is 0 Å². The Labute approximate surface area is 125 Å². The molecule has 0 aliphatic carbocycles. The van der Waals surface area contributed by atoms with Gasteiger partial charge in [0.05, 0.1) is 0 Å². The number of carboxylic acids is 1. The molecule has 0 saturated carbocycles. The average molecular weight is 280 g/mol. The molecule has 108 valence electrons. The molecule has 0 aliphatic rings. The molecular weight excluding hydrogens is 260 g/mol. The van der Waals surface area contributed by atoms with Crippen molar-refractivity contribution in [3.8, 4) is 0 Å². The third-order valence-electron chi connectivity index (χ3n) is 3.48. The summed E-state index contributed by atoms with van der Waals surface area (Å²) in [4.78, 5) is 11.0. The number of aryl methyl sites for hydroxylation is 2. The topological polar surface area (TPSA) is 37.3 Å². The van der Waals surface area contributed by atoms with Gasteiger partial charge in [0.25, 0.3) is 0 Å². The van der Waals surface area contributed by atoms with Crippen LogP contribution >= 0.6 is 0 Å². The van der Waals surface area contributed by atoms with Gasteiger partial charge < -0.3 is 5.11 Å². The van der Waals surface area contributed by atoms with E-state index in [1.807, 2.05) is 36.4 Å². The van der Waals surface area contributed by atoms with Gasteiger partial charge in [0.1, 0.15) is 0 Å². The molecule has 21 heavy (non-hydrogen) atoms. The van der Waals surface area contributed by atoms with E-state index in [2.05, 4.69) is 24.3 Å². The monoisotopic (exact) mass is 280 g/mol. The van der Waals surface area contributed by atoms with Crippen LogP contribution in [-0.4, -0.2) is 11.1 Å². The number of hydrogen-bond acceptors (Lipinski definition) is 1. The van der Waals surface area contributed by atoms with Gasteiger partial charge in [-0.1, -0.05) is 66.2 Å². The van der Waals surface area contributed by atoms with Crippen molar-refractivity contribution in [2.75, 3.05) is 0 Å². The maximum Gasteiger partial charge on any atom is 0.328 e. The molecular formula is C19H20O2. The fourth-order valence-corrected chi connectivity index (χ4v) is 2.34. The van der Waals surface area contributed by atoms with Crippen LogP contribution in [-0.2, 0) is 17.6 Å². The molecule has 2 nitrogen and oxygen atoms in total. The van der Waals surface area contributed by atoms with Crippen molar-refractivity contribution in [1.82, 2.24) is 0 Å². The Morgan fingerprint density at radius 1 is 0.810 bits per heavy atom. The van der Waals surface area contributed by atoms with Crippen LogP contribution in [0.4, 0.5) is 0 Å². The van der Waals surface area contributed by atoms with Crippen molar-refractivity contribution < 1.29 is 9.90 Å². The summed E-state index contributed by atoms with van der Waals surface area (Å²) in [5.74, 6) is -0.855. The fraction of sp³-hybridized carbons (Fsp3) is 0.211. The van der Waals surface area contributed by atoms with E-state index in [0.717, 1.165) is 31.3 Å². The van der Waals surface area contributed by atoms with Crippen LogP contribution in [0, 0.1) is 0 Å². The fourth-order valence-electron chi connectivity index (χ4n) is 2.34. The summed E-state index contributed by atoms with van der Waals surface area (Å²) in [6.07, 6.45) is 4.72. The second-order valence-corrected chi connectivity index (χ2v) is 5.11. The summed E-state index contributed by atoms with van der Waals surface area (Å²) in [6, 6.07) is 20.4. The SMILES string of the molecule is O=C(O)C=C(CCc1ccccc1)CCc1ccccc1. The van der Waals surface area contributed by atoms with Crippen LogP contribution in [0.25, 0.3) is 0 Å². The summed E-state index contributed by atoms with van der Waals surface area (Å²) in [6.45, 7) is 0. The average Bonchev–Trinajstić information content (AvgIpc) is 2.51. The Kier molecular flexibility index (Phi) is 5.77. The molecule has 0 aliphatic heterocycles. The summed E-state index contributed by atoms with van der Waals surface area (Å²) in [5, 5.41) is 9.00. The molecule has 0 fully saturated rings. The van der Waals surface area contributed by atoms with Crippen LogP contribution in [0.2, 0.25) is 0 Å². The zero-order chi connectivity index (χ0) is 14.9. The van der Waals surface area contributed by atoms with E-state index in [-0.39, 0.29) is 0 Å². The van der Waals surface area contributed by atoms with Gasteiger partial charge in [-0.3, -0.25) is 0 Å². The van der Waals surface area contributed by atoms with Crippen LogP contribution in [0.1, 0.15) is 24.0 Å². The number of benzene rings is 2. The predicted molar refractivity (Wildman–Crippen MR) is 85.2 cm³/mol. The number of carbonyl (C=O) groups is 1. The molecule has 0 amide bonds. The summed E-state index contributed by atoms with van der Waals surface area (Å²) in [5.41, 5.74) is 3.48. The highest BCUT2D eigenvalue weighted by Gasteiger charge is 2.03. The summed E-state index contributed by atoms with van der Waals surface area (Å²) in [7, 11) is 0. The quantitative estimate of drug-likeness (QED) is 0.769. The van der Waals surface area contributed by atoms with Crippen molar-refractivity contribution in [3.05, 3.63) is 83.4 Å². The lowest BCUT2D eigenvalue weighted by Crippen LogP contribution is -1.97. The van der Waals surface area contributed by atoms with E-state index in [1.165, 1.54) is 17.2 Å². The Morgan fingerprint density at radius 3 is 1.62 bits per heavy atom. The smallest absolute Gasteiger partial charge is 0.328 e.